The lowest BCUT2D eigenvalue weighted by Gasteiger charge is -2.38. The third kappa shape index (κ3) is 4.68. The van der Waals surface area contributed by atoms with Crippen molar-refractivity contribution in [3.63, 3.8) is 0 Å². The Morgan fingerprint density at radius 2 is 1.74 bits per heavy atom. The average molecular weight is 324 g/mol. The zero-order valence-electron chi connectivity index (χ0n) is 14.5. The summed E-state index contributed by atoms with van der Waals surface area (Å²) in [6, 6.07) is 0. The van der Waals surface area contributed by atoms with E-state index >= 15 is 0 Å². The van der Waals surface area contributed by atoms with Crippen LogP contribution in [0.4, 0.5) is 0 Å². The number of ether oxygens (including phenoxy) is 2. The van der Waals surface area contributed by atoms with Gasteiger partial charge in [-0.05, 0) is 32.2 Å². The van der Waals surface area contributed by atoms with Crippen LogP contribution >= 0.6 is 0 Å². The van der Waals surface area contributed by atoms with Crippen LogP contribution in [0.2, 0.25) is 0 Å². The predicted octanol–water partition coefficient (Wildman–Crippen LogP) is 2.05. The Hall–Kier alpha value is -0.650. The summed E-state index contributed by atoms with van der Waals surface area (Å²) in [5, 5.41) is 0. The number of nitrogens with zero attached hydrogens (tertiary/aromatic N) is 2. The van der Waals surface area contributed by atoms with Crippen molar-refractivity contribution >= 4 is 5.91 Å². The van der Waals surface area contributed by atoms with Gasteiger partial charge >= 0.3 is 0 Å². The molecule has 0 aromatic heterocycles. The van der Waals surface area contributed by atoms with Crippen molar-refractivity contribution in [2.45, 2.75) is 70.2 Å². The van der Waals surface area contributed by atoms with E-state index in [-0.39, 0.29) is 12.0 Å². The first kappa shape index (κ1) is 17.2. The molecule has 0 N–H and O–H groups in total. The van der Waals surface area contributed by atoms with Crippen LogP contribution in [0.25, 0.3) is 0 Å². The number of carbonyl (C=O) groups is 1. The number of likely N-dealkylation sites (tertiary alicyclic amines) is 1. The normalized spacial score (nSPS) is 28.9. The van der Waals surface area contributed by atoms with Crippen LogP contribution in [0.3, 0.4) is 0 Å². The van der Waals surface area contributed by atoms with Gasteiger partial charge in [0, 0.05) is 26.2 Å². The molecule has 1 aliphatic carbocycles. The smallest absolute Gasteiger partial charge is 0.253 e. The number of carbonyl (C=O) groups excluding carboxylic acids is 1. The number of likely N-dealkylation sites (N-methyl/N-ethyl adjacent to an activating group) is 1. The predicted molar refractivity (Wildman–Crippen MR) is 89.4 cm³/mol. The maximum Gasteiger partial charge on any atom is 0.253 e. The molecule has 3 rings (SSSR count). The fourth-order valence-corrected chi connectivity index (χ4v) is 4.03. The number of hydrogen-bond acceptors (Lipinski definition) is 4. The summed E-state index contributed by atoms with van der Waals surface area (Å²) in [7, 11) is 0. The largest absolute Gasteiger partial charge is 0.375 e. The zero-order valence-corrected chi connectivity index (χ0v) is 14.5. The molecule has 2 saturated heterocycles. The van der Waals surface area contributed by atoms with Gasteiger partial charge in [0.25, 0.3) is 5.91 Å². The van der Waals surface area contributed by atoms with Crippen molar-refractivity contribution in [1.82, 2.24) is 9.80 Å². The molecule has 2 heterocycles. The highest BCUT2D eigenvalue weighted by Crippen LogP contribution is 2.25. The van der Waals surface area contributed by atoms with Gasteiger partial charge in [-0.2, -0.15) is 0 Å². The Bertz CT molecular complexity index is 376. The van der Waals surface area contributed by atoms with E-state index in [1.807, 2.05) is 4.90 Å². The van der Waals surface area contributed by atoms with Gasteiger partial charge in [-0.15, -0.1) is 0 Å². The maximum absolute atomic E-state index is 12.6. The van der Waals surface area contributed by atoms with Gasteiger partial charge < -0.3 is 14.4 Å². The molecule has 1 amide bonds. The molecular formula is C18H32N2O3. The summed E-state index contributed by atoms with van der Waals surface area (Å²) >= 11 is 0. The van der Waals surface area contributed by atoms with Gasteiger partial charge in [-0.1, -0.05) is 26.2 Å². The van der Waals surface area contributed by atoms with Gasteiger partial charge in [0.1, 0.15) is 6.10 Å². The van der Waals surface area contributed by atoms with E-state index in [2.05, 4.69) is 11.8 Å². The second-order valence-corrected chi connectivity index (χ2v) is 7.17. The monoisotopic (exact) mass is 324 g/mol. The Balaban J connectivity index is 1.42. The summed E-state index contributed by atoms with van der Waals surface area (Å²) in [4.78, 5) is 16.9. The van der Waals surface area contributed by atoms with E-state index < -0.39 is 0 Å². The van der Waals surface area contributed by atoms with E-state index in [4.69, 9.17) is 9.47 Å². The summed E-state index contributed by atoms with van der Waals surface area (Å²) in [6.45, 7) is 7.13. The molecular weight excluding hydrogens is 292 g/mol. The molecule has 1 saturated carbocycles. The van der Waals surface area contributed by atoms with E-state index in [0.29, 0.717) is 18.8 Å². The lowest BCUT2D eigenvalue weighted by atomic mass is 9.97. The summed E-state index contributed by atoms with van der Waals surface area (Å²) in [5.74, 6) is 0.180. The number of amides is 1. The standard InChI is InChI=1S/C18H32N2O3/c1-2-19-12-13-22-17(14-19)18(21)20-10-8-16(9-11-20)23-15-6-4-3-5-7-15/h15-17H,2-14H2,1H3/t17-/m1/s1. The molecule has 23 heavy (non-hydrogen) atoms. The molecule has 0 bridgehead atoms. The minimum Gasteiger partial charge on any atom is -0.375 e. The Morgan fingerprint density at radius 3 is 2.43 bits per heavy atom. The zero-order chi connectivity index (χ0) is 16.1. The van der Waals surface area contributed by atoms with E-state index in [1.54, 1.807) is 0 Å². The third-order valence-corrected chi connectivity index (χ3v) is 5.56. The first-order chi connectivity index (χ1) is 11.3. The fraction of sp³-hybridized carbons (Fsp3) is 0.944. The number of rotatable bonds is 4. The van der Waals surface area contributed by atoms with Gasteiger partial charge in [-0.3, -0.25) is 9.69 Å². The molecule has 132 valence electrons. The van der Waals surface area contributed by atoms with Gasteiger partial charge in [0.05, 0.1) is 18.8 Å². The molecule has 3 fully saturated rings. The van der Waals surface area contributed by atoms with Crippen LogP contribution in [0.15, 0.2) is 0 Å². The third-order valence-electron chi connectivity index (χ3n) is 5.56. The molecule has 1 atom stereocenters. The fourth-order valence-electron chi connectivity index (χ4n) is 4.03. The second kappa shape index (κ2) is 8.45. The molecule has 2 aliphatic heterocycles. The topological polar surface area (TPSA) is 42.0 Å². The molecule has 0 radical (unpaired) electrons. The highest BCUT2D eigenvalue weighted by atomic mass is 16.5. The molecule has 5 nitrogen and oxygen atoms in total. The van der Waals surface area contributed by atoms with Crippen molar-refractivity contribution < 1.29 is 14.3 Å². The first-order valence-corrected chi connectivity index (χ1v) is 9.54. The van der Waals surface area contributed by atoms with Gasteiger partial charge in [0.15, 0.2) is 0 Å². The lowest BCUT2D eigenvalue weighted by molar-refractivity contribution is -0.152. The van der Waals surface area contributed by atoms with Crippen LogP contribution in [0.1, 0.15) is 51.9 Å². The molecule has 0 aromatic carbocycles. The van der Waals surface area contributed by atoms with Crippen molar-refractivity contribution in [3.8, 4) is 0 Å². The van der Waals surface area contributed by atoms with Crippen LogP contribution < -0.4 is 0 Å². The molecule has 0 unspecified atom stereocenters. The van der Waals surface area contributed by atoms with Crippen LogP contribution in [-0.4, -0.2) is 73.3 Å². The SMILES string of the molecule is CCN1CCO[C@@H](C(=O)N2CCC(OC3CCCCC3)CC2)C1. The number of morpholine rings is 1. The van der Waals surface area contributed by atoms with Crippen LogP contribution in [0, 0.1) is 0 Å². The van der Waals surface area contributed by atoms with Gasteiger partial charge in [0.2, 0.25) is 0 Å². The number of hydrogen-bond donors (Lipinski definition) is 0. The minimum absolute atomic E-state index is 0.180. The quantitative estimate of drug-likeness (QED) is 0.794. The second-order valence-electron chi connectivity index (χ2n) is 7.17. The molecule has 3 aliphatic rings. The minimum atomic E-state index is -0.264. The molecule has 5 heteroatoms. The van der Waals surface area contributed by atoms with E-state index in [0.717, 1.165) is 45.6 Å². The summed E-state index contributed by atoms with van der Waals surface area (Å²) in [6.07, 6.45) is 8.95. The highest BCUT2D eigenvalue weighted by Gasteiger charge is 2.32. The Morgan fingerprint density at radius 1 is 1.04 bits per heavy atom. The van der Waals surface area contributed by atoms with Gasteiger partial charge in [-0.25, -0.2) is 0 Å². The van der Waals surface area contributed by atoms with E-state index in [1.165, 1.54) is 32.1 Å². The number of piperidine rings is 1. The highest BCUT2D eigenvalue weighted by molar-refractivity contribution is 5.81. The lowest BCUT2D eigenvalue weighted by Crippen LogP contribution is -2.53. The van der Waals surface area contributed by atoms with Crippen LogP contribution in [0.5, 0.6) is 0 Å². The first-order valence-electron chi connectivity index (χ1n) is 9.54. The molecule has 0 spiro atoms. The van der Waals surface area contributed by atoms with Crippen molar-refractivity contribution in [2.75, 3.05) is 39.3 Å². The molecule has 0 aromatic rings. The van der Waals surface area contributed by atoms with Crippen molar-refractivity contribution in [2.24, 2.45) is 0 Å². The van der Waals surface area contributed by atoms with Crippen LogP contribution in [-0.2, 0) is 14.3 Å². The van der Waals surface area contributed by atoms with E-state index in [9.17, 15) is 4.79 Å². The maximum atomic E-state index is 12.6. The van der Waals surface area contributed by atoms with Crippen molar-refractivity contribution in [3.05, 3.63) is 0 Å². The Kier molecular flexibility index (Phi) is 6.31. The Labute approximate surface area is 140 Å². The summed E-state index contributed by atoms with van der Waals surface area (Å²) in [5.41, 5.74) is 0. The average Bonchev–Trinajstić information content (AvgIpc) is 2.63. The summed E-state index contributed by atoms with van der Waals surface area (Å²) < 4.78 is 12.0. The van der Waals surface area contributed by atoms with Crippen molar-refractivity contribution in [1.29, 1.82) is 0 Å².